The van der Waals surface area contributed by atoms with Crippen LogP contribution in [0.1, 0.15) is 26.7 Å². The van der Waals surface area contributed by atoms with Gasteiger partial charge in [-0.15, -0.1) is 12.6 Å². The minimum Gasteiger partial charge on any atom is -0.143 e. The number of thiol groups is 1. The van der Waals surface area contributed by atoms with Gasteiger partial charge in [-0.25, -0.2) is 0 Å². The van der Waals surface area contributed by atoms with Crippen molar-refractivity contribution >= 4 is 12.6 Å². The molecule has 1 rings (SSSR count). The molecular formula is C10H16S. The lowest BCUT2D eigenvalue weighted by Gasteiger charge is -1.81. The summed E-state index contributed by atoms with van der Waals surface area (Å²) in [6.45, 7) is 4.36. The van der Waals surface area contributed by atoms with E-state index in [1.807, 2.05) is 30.3 Å². The Labute approximate surface area is 75.1 Å². The third-order valence-electron chi connectivity index (χ3n) is 1.26. The van der Waals surface area contributed by atoms with Crippen molar-refractivity contribution in [3.63, 3.8) is 0 Å². The van der Waals surface area contributed by atoms with Gasteiger partial charge in [0.05, 0.1) is 0 Å². The summed E-state index contributed by atoms with van der Waals surface area (Å²) in [6, 6.07) is 9.79. The number of benzene rings is 1. The third kappa shape index (κ3) is 7.47. The first kappa shape index (κ1) is 10.6. The van der Waals surface area contributed by atoms with Crippen LogP contribution in [-0.2, 0) is 0 Å². The molecule has 0 bridgehead atoms. The summed E-state index contributed by atoms with van der Waals surface area (Å²) >= 11 is 4.08. The van der Waals surface area contributed by atoms with E-state index < -0.39 is 0 Å². The summed E-state index contributed by atoms with van der Waals surface area (Å²) in [7, 11) is 0. The predicted molar refractivity (Wildman–Crippen MR) is 54.3 cm³/mol. The zero-order valence-corrected chi connectivity index (χ0v) is 8.14. The molecule has 0 spiro atoms. The molecule has 0 heterocycles. The van der Waals surface area contributed by atoms with Crippen LogP contribution in [0, 0.1) is 0 Å². The maximum atomic E-state index is 4.08. The molecule has 0 atom stereocenters. The van der Waals surface area contributed by atoms with Crippen LogP contribution in [0.25, 0.3) is 0 Å². The maximum absolute atomic E-state index is 4.08. The fraction of sp³-hybridized carbons (Fsp3) is 0.400. The van der Waals surface area contributed by atoms with Gasteiger partial charge >= 0.3 is 0 Å². The monoisotopic (exact) mass is 168 g/mol. The van der Waals surface area contributed by atoms with Gasteiger partial charge in [0.1, 0.15) is 0 Å². The summed E-state index contributed by atoms with van der Waals surface area (Å²) in [4.78, 5) is 1.02. The van der Waals surface area contributed by atoms with Crippen molar-refractivity contribution < 1.29 is 0 Å². The van der Waals surface area contributed by atoms with Crippen molar-refractivity contribution in [2.75, 3.05) is 0 Å². The van der Waals surface area contributed by atoms with Crippen LogP contribution in [-0.4, -0.2) is 0 Å². The lowest BCUT2D eigenvalue weighted by atomic mass is 10.4. The highest BCUT2D eigenvalue weighted by Gasteiger charge is 1.73. The fourth-order valence-electron chi connectivity index (χ4n) is 0.428. The summed E-state index contributed by atoms with van der Waals surface area (Å²) in [5.41, 5.74) is 0. The minimum atomic E-state index is 1.02. The zero-order chi connectivity index (χ0) is 8.53. The van der Waals surface area contributed by atoms with Crippen LogP contribution < -0.4 is 0 Å². The van der Waals surface area contributed by atoms with E-state index in [2.05, 4.69) is 26.5 Å². The van der Waals surface area contributed by atoms with E-state index in [9.17, 15) is 0 Å². The van der Waals surface area contributed by atoms with Crippen LogP contribution in [0.15, 0.2) is 35.2 Å². The molecule has 0 aromatic heterocycles. The Balaban J connectivity index is 0.000000218. The summed E-state index contributed by atoms with van der Waals surface area (Å²) in [5, 5.41) is 0. The van der Waals surface area contributed by atoms with E-state index in [4.69, 9.17) is 0 Å². The van der Waals surface area contributed by atoms with Gasteiger partial charge in [0.2, 0.25) is 0 Å². The molecule has 0 fully saturated rings. The van der Waals surface area contributed by atoms with Crippen LogP contribution in [0.4, 0.5) is 0 Å². The summed E-state index contributed by atoms with van der Waals surface area (Å²) in [6.07, 6.45) is 2.64. The maximum Gasteiger partial charge on any atom is 0.00399 e. The SMILES string of the molecule is CCCC.Sc1ccccc1. The first-order valence-electron chi connectivity index (χ1n) is 4.05. The second-order valence-electron chi connectivity index (χ2n) is 2.34. The smallest absolute Gasteiger partial charge is 0.00399 e. The Hall–Kier alpha value is -0.430. The highest BCUT2D eigenvalue weighted by atomic mass is 32.1. The summed E-state index contributed by atoms with van der Waals surface area (Å²) in [5.74, 6) is 0. The molecule has 0 N–H and O–H groups in total. The molecule has 0 saturated carbocycles. The molecule has 0 amide bonds. The third-order valence-corrected chi connectivity index (χ3v) is 1.55. The lowest BCUT2D eigenvalue weighted by Crippen LogP contribution is -1.56. The molecule has 62 valence electrons. The summed E-state index contributed by atoms with van der Waals surface area (Å²) < 4.78 is 0. The number of rotatable bonds is 1. The van der Waals surface area contributed by atoms with Crippen molar-refractivity contribution in [2.24, 2.45) is 0 Å². The van der Waals surface area contributed by atoms with Gasteiger partial charge in [-0.2, -0.15) is 0 Å². The van der Waals surface area contributed by atoms with Gasteiger partial charge < -0.3 is 0 Å². The standard InChI is InChI=1S/C6H6S.C4H10/c7-6-4-2-1-3-5-6;1-3-4-2/h1-5,7H;3-4H2,1-2H3. The number of unbranched alkanes of at least 4 members (excludes halogenated alkanes) is 1. The molecule has 11 heavy (non-hydrogen) atoms. The second kappa shape index (κ2) is 7.67. The average molecular weight is 168 g/mol. The van der Waals surface area contributed by atoms with E-state index >= 15 is 0 Å². The van der Waals surface area contributed by atoms with E-state index in [0.717, 1.165) is 4.90 Å². The quantitative estimate of drug-likeness (QED) is 0.606. The van der Waals surface area contributed by atoms with Gasteiger partial charge in [0, 0.05) is 4.90 Å². The van der Waals surface area contributed by atoms with Gasteiger partial charge in [0.25, 0.3) is 0 Å². The lowest BCUT2D eigenvalue weighted by molar-refractivity contribution is 0.886. The van der Waals surface area contributed by atoms with Gasteiger partial charge in [0.15, 0.2) is 0 Å². The van der Waals surface area contributed by atoms with Crippen molar-refractivity contribution in [3.8, 4) is 0 Å². The molecule has 0 saturated heterocycles. The molecule has 0 nitrogen and oxygen atoms in total. The first-order chi connectivity index (χ1) is 5.31. The van der Waals surface area contributed by atoms with Crippen LogP contribution in [0.2, 0.25) is 0 Å². The fourth-order valence-corrected chi connectivity index (χ4v) is 0.600. The Morgan fingerprint density at radius 3 is 1.64 bits per heavy atom. The highest BCUT2D eigenvalue weighted by molar-refractivity contribution is 7.80. The van der Waals surface area contributed by atoms with Crippen molar-refractivity contribution in [3.05, 3.63) is 30.3 Å². The van der Waals surface area contributed by atoms with E-state index in [1.165, 1.54) is 12.8 Å². The number of hydrogen-bond acceptors (Lipinski definition) is 1. The van der Waals surface area contributed by atoms with Crippen molar-refractivity contribution in [1.29, 1.82) is 0 Å². The molecule has 0 radical (unpaired) electrons. The van der Waals surface area contributed by atoms with Crippen molar-refractivity contribution in [2.45, 2.75) is 31.6 Å². The van der Waals surface area contributed by atoms with Crippen LogP contribution in [0.3, 0.4) is 0 Å². The highest BCUT2D eigenvalue weighted by Crippen LogP contribution is 2.00. The minimum absolute atomic E-state index is 1.02. The van der Waals surface area contributed by atoms with E-state index in [1.54, 1.807) is 0 Å². The van der Waals surface area contributed by atoms with Gasteiger partial charge in [-0.1, -0.05) is 44.9 Å². The van der Waals surface area contributed by atoms with Crippen LogP contribution >= 0.6 is 12.6 Å². The largest absolute Gasteiger partial charge is 0.143 e. The zero-order valence-electron chi connectivity index (χ0n) is 7.25. The molecule has 0 aliphatic heterocycles. The molecule has 1 aromatic rings. The van der Waals surface area contributed by atoms with Gasteiger partial charge in [-0.3, -0.25) is 0 Å². The molecule has 0 aliphatic rings. The Kier molecular flexibility index (Phi) is 7.37. The average Bonchev–Trinajstić information content (AvgIpc) is 2.07. The molecule has 0 unspecified atom stereocenters. The molecule has 0 aliphatic carbocycles. The molecule has 1 heteroatoms. The first-order valence-corrected chi connectivity index (χ1v) is 4.50. The normalized spacial score (nSPS) is 8.27. The van der Waals surface area contributed by atoms with E-state index in [-0.39, 0.29) is 0 Å². The Morgan fingerprint density at radius 2 is 1.45 bits per heavy atom. The second-order valence-corrected chi connectivity index (χ2v) is 2.85. The topological polar surface area (TPSA) is 0 Å². The predicted octanol–water partition coefficient (Wildman–Crippen LogP) is 3.78. The number of hydrogen-bond donors (Lipinski definition) is 1. The van der Waals surface area contributed by atoms with Crippen molar-refractivity contribution in [1.82, 2.24) is 0 Å². The van der Waals surface area contributed by atoms with E-state index in [0.29, 0.717) is 0 Å². The van der Waals surface area contributed by atoms with Gasteiger partial charge in [-0.05, 0) is 12.1 Å². The Bertz CT molecular complexity index is 156. The molecule has 1 aromatic carbocycles. The molecular weight excluding hydrogens is 152 g/mol. The Morgan fingerprint density at radius 1 is 1.00 bits per heavy atom. The van der Waals surface area contributed by atoms with Crippen LogP contribution in [0.5, 0.6) is 0 Å².